The summed E-state index contributed by atoms with van der Waals surface area (Å²) in [5, 5.41) is 0. The first kappa shape index (κ1) is 15.4. The third-order valence-corrected chi connectivity index (χ3v) is 4.55. The van der Waals surface area contributed by atoms with Crippen LogP contribution >= 0.6 is 0 Å². The van der Waals surface area contributed by atoms with Gasteiger partial charge >= 0.3 is 11.9 Å². The first-order chi connectivity index (χ1) is 12.1. The van der Waals surface area contributed by atoms with Gasteiger partial charge in [-0.3, -0.25) is 0 Å². The van der Waals surface area contributed by atoms with Crippen molar-refractivity contribution in [2.45, 2.75) is 25.7 Å². The van der Waals surface area contributed by atoms with Gasteiger partial charge in [-0.05, 0) is 36.6 Å². The lowest BCUT2D eigenvalue weighted by molar-refractivity contribution is -0.152. The molecule has 1 aromatic carbocycles. The van der Waals surface area contributed by atoms with E-state index in [2.05, 4.69) is 4.99 Å². The van der Waals surface area contributed by atoms with Crippen LogP contribution in [0.5, 0.6) is 0 Å². The van der Waals surface area contributed by atoms with Crippen LogP contribution in [0.25, 0.3) is 0 Å². The number of hydrogen-bond donors (Lipinski definition) is 0. The van der Waals surface area contributed by atoms with Crippen LogP contribution < -0.4 is 0 Å². The quantitative estimate of drug-likeness (QED) is 0.275. The summed E-state index contributed by atoms with van der Waals surface area (Å²) in [6, 6.07) is 5.31. The van der Waals surface area contributed by atoms with Crippen molar-refractivity contribution in [3.8, 4) is 0 Å². The van der Waals surface area contributed by atoms with Crippen LogP contribution in [-0.2, 0) is 35.0 Å². The second-order valence-corrected chi connectivity index (χ2v) is 6.06. The lowest BCUT2D eigenvalue weighted by Gasteiger charge is -2.09. The number of fused-ring (bicyclic) bond motifs is 3. The fourth-order valence-corrected chi connectivity index (χ4v) is 3.32. The number of carbonyl (C=O) groups excluding carboxylic acids is 3. The van der Waals surface area contributed by atoms with Crippen LogP contribution in [0.2, 0.25) is 0 Å². The first-order valence-corrected chi connectivity index (χ1v) is 7.73. The normalized spacial score (nSPS) is 28.0. The van der Waals surface area contributed by atoms with Crippen LogP contribution in [0.15, 0.2) is 46.7 Å². The smallest absolute Gasteiger partial charge is 0.338 e. The van der Waals surface area contributed by atoms with Gasteiger partial charge in [0.05, 0.1) is 17.5 Å². The number of carbonyl (C=O) groups is 2. The summed E-state index contributed by atoms with van der Waals surface area (Å²) >= 11 is 0. The predicted molar refractivity (Wildman–Crippen MR) is 83.1 cm³/mol. The van der Waals surface area contributed by atoms with Crippen molar-refractivity contribution in [2.75, 3.05) is 0 Å². The summed E-state index contributed by atoms with van der Waals surface area (Å²) in [5.74, 6) is -1.08. The highest BCUT2D eigenvalue weighted by Gasteiger charge is 2.46. The Bertz CT molecular complexity index is 893. The van der Waals surface area contributed by atoms with Crippen molar-refractivity contribution in [3.05, 3.63) is 52.8 Å². The molecule has 7 heteroatoms. The van der Waals surface area contributed by atoms with Gasteiger partial charge in [-0.25, -0.2) is 14.4 Å². The number of cyclic esters (lactones) is 1. The fourth-order valence-electron chi connectivity index (χ4n) is 3.32. The Labute approximate surface area is 142 Å². The summed E-state index contributed by atoms with van der Waals surface area (Å²) in [5.41, 5.74) is 3.20. The van der Waals surface area contributed by atoms with E-state index >= 15 is 0 Å². The molecule has 0 spiro atoms. The van der Waals surface area contributed by atoms with Crippen molar-refractivity contribution in [1.82, 2.24) is 0 Å². The number of rotatable bonds is 3. The molecule has 0 unspecified atom stereocenters. The van der Waals surface area contributed by atoms with Gasteiger partial charge in [-0.2, -0.15) is 4.99 Å². The molecule has 3 aliphatic rings. The zero-order chi connectivity index (χ0) is 17.6. The predicted octanol–water partition coefficient (Wildman–Crippen LogP) is 2.15. The number of esters is 2. The molecule has 126 valence electrons. The maximum absolute atomic E-state index is 12.2. The number of hydrogen-bond acceptors (Lipinski definition) is 7. The topological polar surface area (TPSA) is 91.3 Å². The molecule has 1 aromatic rings. The van der Waals surface area contributed by atoms with Crippen molar-refractivity contribution in [3.63, 3.8) is 0 Å². The molecule has 0 N–H and O–H groups in total. The number of aliphatic imine (C=N–C) groups is 1. The van der Waals surface area contributed by atoms with E-state index < -0.39 is 24.3 Å². The number of ether oxygens (including phenoxy) is 3. The molecule has 0 radical (unpaired) electrons. The van der Waals surface area contributed by atoms with Gasteiger partial charge in [-0.1, -0.05) is 6.07 Å². The summed E-state index contributed by atoms with van der Waals surface area (Å²) in [6.45, 7) is 1.63. The Kier molecular flexibility index (Phi) is 3.51. The van der Waals surface area contributed by atoms with Crippen LogP contribution in [0.1, 0.15) is 24.2 Å². The molecule has 1 fully saturated rings. The maximum atomic E-state index is 12.2. The van der Waals surface area contributed by atoms with E-state index in [4.69, 9.17) is 14.2 Å². The SMILES string of the molecule is CC1=C[C@H](O/C=C2/C(=O)O[C@@H]3c4cc(N=C=O)ccc4C[C@H]23)OC1=O. The molecule has 0 aromatic heterocycles. The van der Waals surface area contributed by atoms with Crippen molar-refractivity contribution in [2.24, 2.45) is 10.9 Å². The molecule has 1 aliphatic carbocycles. The van der Waals surface area contributed by atoms with Crippen molar-refractivity contribution >= 4 is 23.7 Å². The van der Waals surface area contributed by atoms with Crippen molar-refractivity contribution < 1.29 is 28.6 Å². The Morgan fingerprint density at radius 1 is 1.28 bits per heavy atom. The summed E-state index contributed by atoms with van der Waals surface area (Å²) in [7, 11) is 0. The molecule has 2 heterocycles. The number of benzene rings is 1. The summed E-state index contributed by atoms with van der Waals surface area (Å²) in [6.07, 6.45) is 3.72. The molecule has 0 amide bonds. The molecule has 4 rings (SSSR count). The zero-order valence-corrected chi connectivity index (χ0v) is 13.2. The van der Waals surface area contributed by atoms with E-state index in [9.17, 15) is 14.4 Å². The minimum atomic E-state index is -0.829. The van der Waals surface area contributed by atoms with Gasteiger partial charge in [0.2, 0.25) is 6.08 Å². The average molecular weight is 339 g/mol. The minimum absolute atomic E-state index is 0.180. The number of isocyanates is 1. The molecular formula is C18H13NO6. The van der Waals surface area contributed by atoms with Crippen LogP contribution in [-0.4, -0.2) is 24.3 Å². The number of nitrogens with zero attached hydrogens (tertiary/aromatic N) is 1. The van der Waals surface area contributed by atoms with E-state index in [0.29, 0.717) is 23.3 Å². The Hall–Kier alpha value is -3.18. The molecule has 0 saturated carbocycles. The van der Waals surface area contributed by atoms with E-state index in [1.165, 1.54) is 12.3 Å². The van der Waals surface area contributed by atoms with E-state index in [1.54, 1.807) is 25.1 Å². The summed E-state index contributed by atoms with van der Waals surface area (Å²) in [4.78, 5) is 37.5. The lowest BCUT2D eigenvalue weighted by atomic mass is 9.98. The first-order valence-electron chi connectivity index (χ1n) is 7.73. The molecular weight excluding hydrogens is 326 g/mol. The fraction of sp³-hybridized carbons (Fsp3) is 0.278. The van der Waals surface area contributed by atoms with E-state index in [0.717, 1.165) is 11.1 Å². The molecule has 25 heavy (non-hydrogen) atoms. The maximum Gasteiger partial charge on any atom is 0.338 e. The monoisotopic (exact) mass is 339 g/mol. The van der Waals surface area contributed by atoms with Gasteiger partial charge in [0.25, 0.3) is 6.29 Å². The van der Waals surface area contributed by atoms with Gasteiger partial charge in [-0.15, -0.1) is 0 Å². The Morgan fingerprint density at radius 2 is 2.12 bits per heavy atom. The second-order valence-electron chi connectivity index (χ2n) is 6.06. The standard InChI is InChI=1S/C18H13NO6/c1-9-4-15(24-17(9)21)23-7-14-13-5-10-2-3-11(19-8-20)6-12(10)16(13)25-18(14)22/h2-4,6-7,13,15-16H,5H2,1H3/b14-7+/t13-,15-,16-/m1/s1. The van der Waals surface area contributed by atoms with Gasteiger partial charge in [0, 0.05) is 17.6 Å². The molecule has 1 saturated heterocycles. The van der Waals surface area contributed by atoms with Gasteiger partial charge in [0.1, 0.15) is 6.10 Å². The Morgan fingerprint density at radius 3 is 2.84 bits per heavy atom. The minimum Gasteiger partial charge on any atom is -0.458 e. The molecule has 2 aliphatic heterocycles. The highest BCUT2D eigenvalue weighted by atomic mass is 16.7. The van der Waals surface area contributed by atoms with Crippen LogP contribution in [0.3, 0.4) is 0 Å². The molecule has 0 bridgehead atoms. The molecule has 3 atom stereocenters. The molecule has 7 nitrogen and oxygen atoms in total. The zero-order valence-electron chi connectivity index (χ0n) is 13.2. The highest BCUT2D eigenvalue weighted by molar-refractivity contribution is 5.92. The summed E-state index contributed by atoms with van der Waals surface area (Å²) < 4.78 is 15.9. The van der Waals surface area contributed by atoms with E-state index in [1.807, 2.05) is 6.07 Å². The Balaban J connectivity index is 1.57. The third kappa shape index (κ3) is 2.55. The average Bonchev–Trinajstić information content (AvgIpc) is 3.18. The van der Waals surface area contributed by atoms with Gasteiger partial charge < -0.3 is 14.2 Å². The lowest BCUT2D eigenvalue weighted by Crippen LogP contribution is -2.11. The van der Waals surface area contributed by atoms with Crippen molar-refractivity contribution in [1.29, 1.82) is 0 Å². The van der Waals surface area contributed by atoms with E-state index in [-0.39, 0.29) is 5.92 Å². The largest absolute Gasteiger partial charge is 0.458 e. The highest BCUT2D eigenvalue weighted by Crippen LogP contribution is 2.48. The van der Waals surface area contributed by atoms with Gasteiger partial charge in [0.15, 0.2) is 0 Å². The third-order valence-electron chi connectivity index (χ3n) is 4.55. The van der Waals surface area contributed by atoms with Crippen LogP contribution in [0, 0.1) is 5.92 Å². The van der Waals surface area contributed by atoms with Crippen LogP contribution in [0.4, 0.5) is 5.69 Å². The second kappa shape index (κ2) is 5.72.